The molecule has 0 aliphatic rings. The van der Waals surface area contributed by atoms with E-state index in [0.29, 0.717) is 6.42 Å². The van der Waals surface area contributed by atoms with Gasteiger partial charge in [0, 0.05) is 0 Å². The molecular weight excluding hydrogens is 224 g/mol. The first-order valence-corrected chi connectivity index (χ1v) is 5.67. The molecule has 0 saturated heterocycles. The summed E-state index contributed by atoms with van der Waals surface area (Å²) in [7, 11) is 0. The second kappa shape index (κ2) is 8.50. The van der Waals surface area contributed by atoms with E-state index in [9.17, 15) is 14.4 Å². The summed E-state index contributed by atoms with van der Waals surface area (Å²) in [6.07, 6.45) is 2.70. The lowest BCUT2D eigenvalue weighted by Gasteiger charge is -2.05. The van der Waals surface area contributed by atoms with Gasteiger partial charge in [0.2, 0.25) is 0 Å². The van der Waals surface area contributed by atoms with E-state index in [1.165, 1.54) is 6.08 Å². The SMILES string of the molecule is CCC/C=C(\C(=O)OCC)C(=O)C(=O)OCC. The van der Waals surface area contributed by atoms with Crippen LogP contribution in [-0.2, 0) is 23.9 Å². The maximum absolute atomic E-state index is 11.6. The predicted molar refractivity (Wildman–Crippen MR) is 61.3 cm³/mol. The molecule has 0 bridgehead atoms. The van der Waals surface area contributed by atoms with Crippen LogP contribution in [0.4, 0.5) is 0 Å². The maximum atomic E-state index is 11.6. The van der Waals surface area contributed by atoms with E-state index in [1.54, 1.807) is 13.8 Å². The van der Waals surface area contributed by atoms with Crippen LogP contribution in [0.5, 0.6) is 0 Å². The molecule has 0 heterocycles. The fraction of sp³-hybridized carbons (Fsp3) is 0.583. The quantitative estimate of drug-likeness (QED) is 0.222. The summed E-state index contributed by atoms with van der Waals surface area (Å²) in [6.45, 7) is 5.36. The Morgan fingerprint density at radius 1 is 0.941 bits per heavy atom. The Morgan fingerprint density at radius 3 is 1.94 bits per heavy atom. The number of allylic oxidation sites excluding steroid dienone is 1. The molecule has 0 aromatic rings. The molecule has 0 rings (SSSR count). The summed E-state index contributed by atoms with van der Waals surface area (Å²) >= 11 is 0. The number of ketones is 1. The molecule has 17 heavy (non-hydrogen) atoms. The number of hydrogen-bond acceptors (Lipinski definition) is 5. The zero-order valence-electron chi connectivity index (χ0n) is 10.4. The summed E-state index contributed by atoms with van der Waals surface area (Å²) in [5.74, 6) is -2.75. The van der Waals surface area contributed by atoms with Gasteiger partial charge < -0.3 is 9.47 Å². The Kier molecular flexibility index (Phi) is 7.67. The largest absolute Gasteiger partial charge is 0.462 e. The van der Waals surface area contributed by atoms with Crippen LogP contribution in [0.25, 0.3) is 0 Å². The van der Waals surface area contributed by atoms with E-state index in [2.05, 4.69) is 4.74 Å². The average molecular weight is 242 g/mol. The first-order valence-electron chi connectivity index (χ1n) is 5.67. The monoisotopic (exact) mass is 242 g/mol. The third-order valence-corrected chi connectivity index (χ3v) is 1.84. The molecular formula is C12H18O5. The van der Waals surface area contributed by atoms with Crippen molar-refractivity contribution in [2.24, 2.45) is 0 Å². The van der Waals surface area contributed by atoms with Crippen LogP contribution in [0.1, 0.15) is 33.6 Å². The van der Waals surface area contributed by atoms with Crippen LogP contribution in [0.3, 0.4) is 0 Å². The Morgan fingerprint density at radius 2 is 1.47 bits per heavy atom. The van der Waals surface area contributed by atoms with Gasteiger partial charge in [-0.1, -0.05) is 19.4 Å². The van der Waals surface area contributed by atoms with Crippen LogP contribution in [0.15, 0.2) is 11.6 Å². The molecule has 0 atom stereocenters. The Hall–Kier alpha value is -1.65. The van der Waals surface area contributed by atoms with Crippen LogP contribution in [0.2, 0.25) is 0 Å². The summed E-state index contributed by atoms with van der Waals surface area (Å²) in [5.41, 5.74) is -0.243. The number of carbonyl (C=O) groups is 3. The Bertz CT molecular complexity index is 317. The van der Waals surface area contributed by atoms with E-state index >= 15 is 0 Å². The second-order valence-electron chi connectivity index (χ2n) is 3.18. The van der Waals surface area contributed by atoms with Gasteiger partial charge in [-0.3, -0.25) is 4.79 Å². The third-order valence-electron chi connectivity index (χ3n) is 1.84. The van der Waals surface area contributed by atoms with E-state index in [1.807, 2.05) is 6.92 Å². The second-order valence-corrected chi connectivity index (χ2v) is 3.18. The zero-order chi connectivity index (χ0) is 13.3. The lowest BCUT2D eigenvalue weighted by atomic mass is 10.1. The lowest BCUT2D eigenvalue weighted by molar-refractivity contribution is -0.153. The smallest absolute Gasteiger partial charge is 0.379 e. The standard InChI is InChI=1S/C12H18O5/c1-4-7-8-9(11(14)16-5-2)10(13)12(15)17-6-3/h8H,4-7H2,1-3H3/b9-8-. The zero-order valence-corrected chi connectivity index (χ0v) is 10.4. The minimum absolute atomic E-state index is 0.0917. The number of carbonyl (C=O) groups excluding carboxylic acids is 3. The summed E-state index contributed by atoms with van der Waals surface area (Å²) in [5, 5.41) is 0. The number of esters is 2. The highest BCUT2D eigenvalue weighted by Crippen LogP contribution is 2.05. The van der Waals surface area contributed by atoms with E-state index in [-0.39, 0.29) is 18.8 Å². The van der Waals surface area contributed by atoms with Gasteiger partial charge in [-0.25, -0.2) is 9.59 Å². The highest BCUT2D eigenvalue weighted by Gasteiger charge is 2.26. The van der Waals surface area contributed by atoms with E-state index in [0.717, 1.165) is 6.42 Å². The van der Waals surface area contributed by atoms with Crippen molar-refractivity contribution in [3.63, 3.8) is 0 Å². The van der Waals surface area contributed by atoms with Crippen LogP contribution >= 0.6 is 0 Å². The van der Waals surface area contributed by atoms with Crippen molar-refractivity contribution in [1.82, 2.24) is 0 Å². The first kappa shape index (κ1) is 15.3. The first-order chi connectivity index (χ1) is 8.08. The highest BCUT2D eigenvalue weighted by molar-refractivity contribution is 6.46. The van der Waals surface area contributed by atoms with Gasteiger partial charge in [-0.2, -0.15) is 0 Å². The van der Waals surface area contributed by atoms with Crippen molar-refractivity contribution in [2.45, 2.75) is 33.6 Å². The van der Waals surface area contributed by atoms with Crippen molar-refractivity contribution < 1.29 is 23.9 Å². The minimum Gasteiger partial charge on any atom is -0.462 e. The molecule has 0 aliphatic heterocycles. The molecule has 0 radical (unpaired) electrons. The van der Waals surface area contributed by atoms with Gasteiger partial charge in [0.15, 0.2) is 0 Å². The molecule has 0 saturated carbocycles. The average Bonchev–Trinajstić information content (AvgIpc) is 2.30. The number of Topliss-reactive ketones (excluding diaryl/α,β-unsaturated/α-hetero) is 1. The normalized spacial score (nSPS) is 10.9. The molecule has 0 unspecified atom stereocenters. The summed E-state index contributed by atoms with van der Waals surface area (Å²) < 4.78 is 9.27. The fourth-order valence-corrected chi connectivity index (χ4v) is 1.07. The topological polar surface area (TPSA) is 69.7 Å². The van der Waals surface area contributed by atoms with Crippen LogP contribution < -0.4 is 0 Å². The van der Waals surface area contributed by atoms with Crippen LogP contribution in [-0.4, -0.2) is 30.9 Å². The predicted octanol–water partition coefficient (Wildman–Crippen LogP) is 1.41. The number of ether oxygens (including phenoxy) is 2. The molecule has 5 heteroatoms. The molecule has 0 aromatic heterocycles. The molecule has 0 fully saturated rings. The molecule has 0 aromatic carbocycles. The van der Waals surface area contributed by atoms with Crippen molar-refractivity contribution >= 4 is 17.7 Å². The number of hydrogen-bond donors (Lipinski definition) is 0. The number of rotatable bonds is 7. The van der Waals surface area contributed by atoms with Gasteiger partial charge in [0.25, 0.3) is 5.78 Å². The maximum Gasteiger partial charge on any atom is 0.379 e. The number of unbranched alkanes of at least 4 members (excludes halogenated alkanes) is 1. The van der Waals surface area contributed by atoms with Crippen molar-refractivity contribution in [1.29, 1.82) is 0 Å². The molecule has 0 aliphatic carbocycles. The van der Waals surface area contributed by atoms with Gasteiger partial charge in [-0.05, 0) is 20.3 Å². The molecule has 0 N–H and O–H groups in total. The van der Waals surface area contributed by atoms with Crippen LogP contribution in [0, 0.1) is 0 Å². The highest BCUT2D eigenvalue weighted by atomic mass is 16.5. The molecule has 5 nitrogen and oxygen atoms in total. The summed E-state index contributed by atoms with van der Waals surface area (Å²) in [4.78, 5) is 34.3. The Labute approximate surface area is 101 Å². The van der Waals surface area contributed by atoms with Gasteiger partial charge in [0.1, 0.15) is 5.57 Å². The molecule has 0 spiro atoms. The van der Waals surface area contributed by atoms with Crippen molar-refractivity contribution in [2.75, 3.05) is 13.2 Å². The lowest BCUT2D eigenvalue weighted by Crippen LogP contribution is -2.25. The fourth-order valence-electron chi connectivity index (χ4n) is 1.07. The van der Waals surface area contributed by atoms with Gasteiger partial charge in [0.05, 0.1) is 13.2 Å². The molecule has 96 valence electrons. The van der Waals surface area contributed by atoms with Crippen molar-refractivity contribution in [3.8, 4) is 0 Å². The minimum atomic E-state index is -1.03. The summed E-state index contributed by atoms with van der Waals surface area (Å²) in [6, 6.07) is 0. The van der Waals surface area contributed by atoms with Gasteiger partial charge >= 0.3 is 11.9 Å². The van der Waals surface area contributed by atoms with E-state index < -0.39 is 17.7 Å². The Balaban J connectivity index is 4.86. The molecule has 0 amide bonds. The van der Waals surface area contributed by atoms with Gasteiger partial charge in [-0.15, -0.1) is 0 Å². The third kappa shape index (κ3) is 5.29. The van der Waals surface area contributed by atoms with Crippen molar-refractivity contribution in [3.05, 3.63) is 11.6 Å². The van der Waals surface area contributed by atoms with E-state index in [4.69, 9.17) is 4.74 Å².